The van der Waals surface area contributed by atoms with Gasteiger partial charge < -0.3 is 9.64 Å². The highest BCUT2D eigenvalue weighted by Crippen LogP contribution is 2.27. The van der Waals surface area contributed by atoms with Gasteiger partial charge in [-0.15, -0.1) is 0 Å². The molecule has 116 valence electrons. The van der Waals surface area contributed by atoms with Crippen LogP contribution < -0.4 is 0 Å². The van der Waals surface area contributed by atoms with E-state index in [9.17, 15) is 14.9 Å². The second-order valence-electron chi connectivity index (χ2n) is 5.07. The Labute approximate surface area is 134 Å². The van der Waals surface area contributed by atoms with E-state index in [4.69, 9.17) is 4.74 Å². The topological polar surface area (TPSA) is 70.4 Å². The van der Waals surface area contributed by atoms with E-state index in [1.54, 1.807) is 62.6 Å². The van der Waals surface area contributed by atoms with E-state index >= 15 is 0 Å². The molecule has 1 amide bonds. The molecule has 5 nitrogen and oxygen atoms in total. The van der Waals surface area contributed by atoms with Gasteiger partial charge in [-0.2, -0.15) is 5.26 Å². The standard InChI is InChI=1S/C18H16N2O3/c1-20(2)17(21)12-23-18(22)16-10-6-5-9-15(16)14-8-4-3-7-13(14)11-19/h3-10H,12H2,1-2H3. The Morgan fingerprint density at radius 2 is 1.65 bits per heavy atom. The lowest BCUT2D eigenvalue weighted by Crippen LogP contribution is -2.27. The number of rotatable bonds is 4. The van der Waals surface area contributed by atoms with Crippen molar-refractivity contribution >= 4 is 11.9 Å². The molecule has 0 radical (unpaired) electrons. The van der Waals surface area contributed by atoms with Crippen molar-refractivity contribution in [1.82, 2.24) is 4.90 Å². The molecule has 23 heavy (non-hydrogen) atoms. The quantitative estimate of drug-likeness (QED) is 0.814. The molecule has 0 atom stereocenters. The van der Waals surface area contributed by atoms with E-state index in [0.29, 0.717) is 22.3 Å². The molecule has 0 fully saturated rings. The normalized spacial score (nSPS) is 9.78. The number of esters is 1. The second-order valence-corrected chi connectivity index (χ2v) is 5.07. The fourth-order valence-electron chi connectivity index (χ4n) is 2.05. The van der Waals surface area contributed by atoms with Gasteiger partial charge in [-0.3, -0.25) is 4.79 Å². The van der Waals surface area contributed by atoms with E-state index in [2.05, 4.69) is 6.07 Å². The molecule has 0 aromatic heterocycles. The van der Waals surface area contributed by atoms with Crippen molar-refractivity contribution in [3.05, 3.63) is 59.7 Å². The smallest absolute Gasteiger partial charge is 0.339 e. The SMILES string of the molecule is CN(C)C(=O)COC(=O)c1ccccc1-c1ccccc1C#N. The number of carbonyl (C=O) groups excluding carboxylic acids is 2. The maximum absolute atomic E-state index is 12.3. The van der Waals surface area contributed by atoms with E-state index in [1.807, 2.05) is 0 Å². The number of amides is 1. The first-order chi connectivity index (χ1) is 11.0. The van der Waals surface area contributed by atoms with Gasteiger partial charge in [0.1, 0.15) is 0 Å². The summed E-state index contributed by atoms with van der Waals surface area (Å²) >= 11 is 0. The van der Waals surface area contributed by atoms with Crippen molar-refractivity contribution in [2.24, 2.45) is 0 Å². The summed E-state index contributed by atoms with van der Waals surface area (Å²) < 4.78 is 5.07. The predicted molar refractivity (Wildman–Crippen MR) is 85.6 cm³/mol. The van der Waals surface area contributed by atoms with Crippen LogP contribution >= 0.6 is 0 Å². The van der Waals surface area contributed by atoms with Gasteiger partial charge in [0.05, 0.1) is 17.2 Å². The van der Waals surface area contributed by atoms with Crippen LogP contribution in [0.5, 0.6) is 0 Å². The molecule has 0 saturated carbocycles. The summed E-state index contributed by atoms with van der Waals surface area (Å²) in [5.41, 5.74) is 2.05. The molecule has 0 N–H and O–H groups in total. The van der Waals surface area contributed by atoms with Gasteiger partial charge in [0.2, 0.25) is 0 Å². The van der Waals surface area contributed by atoms with Crippen molar-refractivity contribution in [3.8, 4) is 17.2 Å². The third kappa shape index (κ3) is 3.74. The van der Waals surface area contributed by atoms with Gasteiger partial charge >= 0.3 is 5.97 Å². The highest BCUT2D eigenvalue weighted by Gasteiger charge is 2.17. The third-order valence-electron chi connectivity index (χ3n) is 3.31. The van der Waals surface area contributed by atoms with Crippen LogP contribution in [0.25, 0.3) is 11.1 Å². The molecule has 0 aliphatic rings. The zero-order chi connectivity index (χ0) is 16.8. The number of carbonyl (C=O) groups is 2. The lowest BCUT2D eigenvalue weighted by atomic mass is 9.96. The Morgan fingerprint density at radius 1 is 1.04 bits per heavy atom. The fourth-order valence-corrected chi connectivity index (χ4v) is 2.05. The third-order valence-corrected chi connectivity index (χ3v) is 3.31. The van der Waals surface area contributed by atoms with Crippen LogP contribution in [0.4, 0.5) is 0 Å². The first-order valence-corrected chi connectivity index (χ1v) is 7.00. The van der Waals surface area contributed by atoms with Crippen LogP contribution in [0.1, 0.15) is 15.9 Å². The molecule has 0 aliphatic carbocycles. The number of benzene rings is 2. The van der Waals surface area contributed by atoms with Gasteiger partial charge in [-0.25, -0.2) is 4.79 Å². The van der Waals surface area contributed by atoms with Crippen LogP contribution in [0.3, 0.4) is 0 Å². The monoisotopic (exact) mass is 308 g/mol. The van der Waals surface area contributed by atoms with E-state index < -0.39 is 5.97 Å². The summed E-state index contributed by atoms with van der Waals surface area (Å²) in [6.07, 6.45) is 0. The van der Waals surface area contributed by atoms with E-state index in [0.717, 1.165) is 0 Å². The minimum atomic E-state index is -0.594. The van der Waals surface area contributed by atoms with Gasteiger partial charge in [-0.1, -0.05) is 36.4 Å². The predicted octanol–water partition coefficient (Wildman–Crippen LogP) is 2.47. The number of hydrogen-bond donors (Lipinski definition) is 0. The number of hydrogen-bond acceptors (Lipinski definition) is 4. The van der Waals surface area contributed by atoms with Crippen LogP contribution in [-0.2, 0) is 9.53 Å². The lowest BCUT2D eigenvalue weighted by Gasteiger charge is -2.13. The molecule has 0 heterocycles. The van der Waals surface area contributed by atoms with Gasteiger partial charge in [0.25, 0.3) is 5.91 Å². The first kappa shape index (κ1) is 16.2. The molecule has 0 bridgehead atoms. The lowest BCUT2D eigenvalue weighted by molar-refractivity contribution is -0.131. The minimum absolute atomic E-state index is 0.298. The molecule has 0 aliphatic heterocycles. The van der Waals surface area contributed by atoms with E-state index in [1.165, 1.54) is 4.90 Å². The molecule has 0 unspecified atom stereocenters. The molecule has 2 aromatic rings. The summed E-state index contributed by atoms with van der Waals surface area (Å²) in [4.78, 5) is 25.2. The number of nitriles is 1. The van der Waals surface area contributed by atoms with Crippen LogP contribution in [-0.4, -0.2) is 37.5 Å². The molecular formula is C18H16N2O3. The Morgan fingerprint density at radius 3 is 2.30 bits per heavy atom. The van der Waals surface area contributed by atoms with Crippen LogP contribution in [0, 0.1) is 11.3 Å². The van der Waals surface area contributed by atoms with Crippen molar-refractivity contribution in [2.45, 2.75) is 0 Å². The average molecular weight is 308 g/mol. The number of likely N-dealkylation sites (N-methyl/N-ethyl adjacent to an activating group) is 1. The van der Waals surface area contributed by atoms with Crippen LogP contribution in [0.2, 0.25) is 0 Å². The van der Waals surface area contributed by atoms with Crippen molar-refractivity contribution in [2.75, 3.05) is 20.7 Å². The van der Waals surface area contributed by atoms with E-state index in [-0.39, 0.29) is 12.5 Å². The minimum Gasteiger partial charge on any atom is -0.452 e. The first-order valence-electron chi connectivity index (χ1n) is 7.00. The van der Waals surface area contributed by atoms with Crippen molar-refractivity contribution < 1.29 is 14.3 Å². The average Bonchev–Trinajstić information content (AvgIpc) is 2.59. The fraction of sp³-hybridized carbons (Fsp3) is 0.167. The summed E-state index contributed by atoms with van der Waals surface area (Å²) in [7, 11) is 3.18. The van der Waals surface area contributed by atoms with Gasteiger partial charge in [0.15, 0.2) is 6.61 Å². The van der Waals surface area contributed by atoms with Gasteiger partial charge in [0, 0.05) is 19.7 Å². The van der Waals surface area contributed by atoms with Crippen LogP contribution in [0.15, 0.2) is 48.5 Å². The summed E-state index contributed by atoms with van der Waals surface area (Å²) in [6, 6.07) is 16.0. The molecule has 0 spiro atoms. The van der Waals surface area contributed by atoms with Crippen molar-refractivity contribution in [3.63, 3.8) is 0 Å². The maximum Gasteiger partial charge on any atom is 0.339 e. The van der Waals surface area contributed by atoms with Gasteiger partial charge in [-0.05, 0) is 17.7 Å². The molecule has 2 aromatic carbocycles. The molecular weight excluding hydrogens is 292 g/mol. The zero-order valence-electron chi connectivity index (χ0n) is 12.9. The maximum atomic E-state index is 12.3. The Kier molecular flexibility index (Phi) is 5.11. The summed E-state index contributed by atoms with van der Waals surface area (Å²) in [5.74, 6) is -0.892. The highest BCUT2D eigenvalue weighted by atomic mass is 16.5. The second kappa shape index (κ2) is 7.23. The molecule has 5 heteroatoms. The summed E-state index contributed by atoms with van der Waals surface area (Å²) in [5, 5.41) is 9.23. The molecule has 2 rings (SSSR count). The number of nitrogens with zero attached hydrogens (tertiary/aromatic N) is 2. The Hall–Kier alpha value is -3.13. The summed E-state index contributed by atoms with van der Waals surface area (Å²) in [6.45, 7) is -0.319. The molecule has 0 saturated heterocycles. The van der Waals surface area contributed by atoms with Crippen molar-refractivity contribution in [1.29, 1.82) is 5.26 Å². The zero-order valence-corrected chi connectivity index (χ0v) is 12.9. The Balaban J connectivity index is 2.33. The largest absolute Gasteiger partial charge is 0.452 e. The number of ether oxygens (including phenoxy) is 1. The highest BCUT2D eigenvalue weighted by molar-refractivity contribution is 5.98. The Bertz CT molecular complexity index is 776.